The second-order valence-corrected chi connectivity index (χ2v) is 4.78. The maximum atomic E-state index is 11.7. The maximum Gasteiger partial charge on any atom is 0.349 e. The molecular weight excluding hydrogens is 292 g/mol. The third-order valence-electron chi connectivity index (χ3n) is 2.72. The molecule has 0 unspecified atom stereocenters. The first-order valence-corrected chi connectivity index (χ1v) is 6.70. The molecule has 0 heterocycles. The second kappa shape index (κ2) is 6.99. The summed E-state index contributed by atoms with van der Waals surface area (Å²) in [6, 6.07) is 12.1. The predicted molar refractivity (Wildman–Crippen MR) is 80.3 cm³/mol. The van der Waals surface area contributed by atoms with Gasteiger partial charge in [0.05, 0.1) is 12.1 Å². The number of aryl methyl sites for hydroxylation is 1. The molecule has 0 bridgehead atoms. The fourth-order valence-corrected chi connectivity index (χ4v) is 1.95. The van der Waals surface area contributed by atoms with Gasteiger partial charge in [0.25, 0.3) is 0 Å². The normalized spacial score (nSPS) is 10.0. The van der Waals surface area contributed by atoms with Gasteiger partial charge >= 0.3 is 5.97 Å². The number of carbonyl (C=O) groups excluding carboxylic acids is 1. The van der Waals surface area contributed by atoms with E-state index in [2.05, 4.69) is 0 Å². The van der Waals surface area contributed by atoms with Gasteiger partial charge in [0.15, 0.2) is 6.61 Å². The quantitative estimate of drug-likeness (QED) is 0.625. The lowest BCUT2D eigenvalue weighted by Crippen LogP contribution is -2.17. The van der Waals surface area contributed by atoms with Crippen LogP contribution in [-0.4, -0.2) is 19.7 Å². The number of halogens is 1. The van der Waals surface area contributed by atoms with E-state index in [0.29, 0.717) is 22.3 Å². The molecule has 0 spiro atoms. The second-order valence-electron chi connectivity index (χ2n) is 4.37. The van der Waals surface area contributed by atoms with Gasteiger partial charge in [-0.3, -0.25) is 0 Å². The minimum Gasteiger partial charge on any atom is -0.497 e. The minimum atomic E-state index is -0.503. The van der Waals surface area contributed by atoms with E-state index in [0.717, 1.165) is 5.56 Å². The number of ether oxygens (including phenoxy) is 3. The molecular formula is C16H15ClO4. The van der Waals surface area contributed by atoms with Gasteiger partial charge in [0.2, 0.25) is 0 Å². The van der Waals surface area contributed by atoms with Crippen molar-refractivity contribution in [2.24, 2.45) is 0 Å². The highest BCUT2D eigenvalue weighted by atomic mass is 35.5. The van der Waals surface area contributed by atoms with Crippen molar-refractivity contribution in [3.05, 3.63) is 53.1 Å². The van der Waals surface area contributed by atoms with Crippen molar-refractivity contribution >= 4 is 17.6 Å². The van der Waals surface area contributed by atoms with E-state index in [-0.39, 0.29) is 6.61 Å². The summed E-state index contributed by atoms with van der Waals surface area (Å²) in [5, 5.41) is 0.465. The Balaban J connectivity index is 1.89. The molecule has 0 aliphatic rings. The number of methoxy groups -OCH3 is 1. The zero-order chi connectivity index (χ0) is 15.2. The highest BCUT2D eigenvalue weighted by Gasteiger charge is 2.08. The van der Waals surface area contributed by atoms with Crippen LogP contribution in [0.25, 0.3) is 0 Å². The number of benzene rings is 2. The highest BCUT2D eigenvalue weighted by Crippen LogP contribution is 2.25. The monoisotopic (exact) mass is 306 g/mol. The van der Waals surface area contributed by atoms with Crippen molar-refractivity contribution in [1.82, 2.24) is 0 Å². The minimum absolute atomic E-state index is 0.213. The summed E-state index contributed by atoms with van der Waals surface area (Å²) < 4.78 is 15.5. The largest absolute Gasteiger partial charge is 0.497 e. The molecule has 0 N–H and O–H groups in total. The molecule has 0 atom stereocenters. The fraction of sp³-hybridized carbons (Fsp3) is 0.188. The SMILES string of the molecule is COc1ccc(OC(=O)COc2ccc(C)cc2Cl)cc1. The van der Waals surface area contributed by atoms with Crippen LogP contribution in [0.1, 0.15) is 5.56 Å². The zero-order valence-corrected chi connectivity index (χ0v) is 12.5. The van der Waals surface area contributed by atoms with Gasteiger partial charge < -0.3 is 14.2 Å². The Morgan fingerprint density at radius 2 is 1.76 bits per heavy atom. The average Bonchev–Trinajstić information content (AvgIpc) is 2.47. The van der Waals surface area contributed by atoms with E-state index in [1.807, 2.05) is 13.0 Å². The third-order valence-corrected chi connectivity index (χ3v) is 3.02. The van der Waals surface area contributed by atoms with Gasteiger partial charge in [0, 0.05) is 0 Å². The van der Waals surface area contributed by atoms with Crippen molar-refractivity contribution in [1.29, 1.82) is 0 Å². The lowest BCUT2D eigenvalue weighted by atomic mass is 10.2. The van der Waals surface area contributed by atoms with Gasteiger partial charge in [-0.15, -0.1) is 0 Å². The number of hydrogen-bond acceptors (Lipinski definition) is 4. The van der Waals surface area contributed by atoms with Crippen LogP contribution in [0.3, 0.4) is 0 Å². The molecule has 2 rings (SSSR count). The van der Waals surface area contributed by atoms with Gasteiger partial charge in [-0.1, -0.05) is 17.7 Å². The summed E-state index contributed by atoms with van der Waals surface area (Å²) in [6.07, 6.45) is 0. The molecule has 0 aromatic heterocycles. The van der Waals surface area contributed by atoms with Crippen molar-refractivity contribution in [3.8, 4) is 17.2 Å². The Hall–Kier alpha value is -2.20. The zero-order valence-electron chi connectivity index (χ0n) is 11.8. The van der Waals surface area contributed by atoms with Crippen LogP contribution >= 0.6 is 11.6 Å². The smallest absolute Gasteiger partial charge is 0.349 e. The summed E-state index contributed by atoms with van der Waals surface area (Å²) in [5.41, 5.74) is 1.02. The van der Waals surface area contributed by atoms with Crippen LogP contribution in [0.2, 0.25) is 5.02 Å². The van der Waals surface area contributed by atoms with E-state index >= 15 is 0 Å². The van der Waals surface area contributed by atoms with Crippen LogP contribution < -0.4 is 14.2 Å². The molecule has 5 heteroatoms. The molecule has 4 nitrogen and oxygen atoms in total. The van der Waals surface area contributed by atoms with Crippen LogP contribution in [-0.2, 0) is 4.79 Å². The molecule has 21 heavy (non-hydrogen) atoms. The maximum absolute atomic E-state index is 11.7. The molecule has 0 radical (unpaired) electrons. The topological polar surface area (TPSA) is 44.8 Å². The fourth-order valence-electron chi connectivity index (χ4n) is 1.66. The van der Waals surface area contributed by atoms with E-state index in [4.69, 9.17) is 25.8 Å². The van der Waals surface area contributed by atoms with Crippen molar-refractivity contribution in [2.45, 2.75) is 6.92 Å². The molecule has 2 aromatic rings. The molecule has 110 valence electrons. The first-order chi connectivity index (χ1) is 10.1. The molecule has 0 fully saturated rings. The molecule has 0 aliphatic carbocycles. The highest BCUT2D eigenvalue weighted by molar-refractivity contribution is 6.32. The summed E-state index contributed by atoms with van der Waals surface area (Å²) in [4.78, 5) is 11.7. The summed E-state index contributed by atoms with van der Waals surface area (Å²) in [6.45, 7) is 1.71. The Kier molecular flexibility index (Phi) is 5.06. The third kappa shape index (κ3) is 4.39. The Morgan fingerprint density at radius 3 is 2.38 bits per heavy atom. The van der Waals surface area contributed by atoms with E-state index < -0.39 is 5.97 Å². The van der Waals surface area contributed by atoms with Crippen LogP contribution in [0.15, 0.2) is 42.5 Å². The number of rotatable bonds is 5. The predicted octanol–water partition coefficient (Wildman–Crippen LogP) is 3.64. The first kappa shape index (κ1) is 15.2. The summed E-state index contributed by atoms with van der Waals surface area (Å²) >= 11 is 6.02. The molecule has 2 aromatic carbocycles. The standard InChI is InChI=1S/C16H15ClO4/c1-11-3-8-15(14(17)9-11)20-10-16(18)21-13-6-4-12(19-2)5-7-13/h3-9H,10H2,1-2H3. The number of carbonyl (C=O) groups is 1. The van der Waals surface area contributed by atoms with Gasteiger partial charge in [0.1, 0.15) is 17.2 Å². The Labute approximate surface area is 128 Å². The Morgan fingerprint density at radius 1 is 1.10 bits per heavy atom. The first-order valence-electron chi connectivity index (χ1n) is 6.32. The lowest BCUT2D eigenvalue weighted by Gasteiger charge is -2.09. The van der Waals surface area contributed by atoms with E-state index in [1.165, 1.54) is 0 Å². The van der Waals surface area contributed by atoms with E-state index in [9.17, 15) is 4.79 Å². The van der Waals surface area contributed by atoms with Gasteiger partial charge in [-0.25, -0.2) is 4.79 Å². The molecule has 0 aliphatic heterocycles. The van der Waals surface area contributed by atoms with Crippen molar-refractivity contribution in [2.75, 3.05) is 13.7 Å². The van der Waals surface area contributed by atoms with E-state index in [1.54, 1.807) is 43.5 Å². The van der Waals surface area contributed by atoms with Gasteiger partial charge in [-0.05, 0) is 48.9 Å². The molecule has 0 saturated carbocycles. The number of hydrogen-bond donors (Lipinski definition) is 0. The summed E-state index contributed by atoms with van der Waals surface area (Å²) in [7, 11) is 1.57. The Bertz CT molecular complexity index is 623. The lowest BCUT2D eigenvalue weighted by molar-refractivity contribution is -0.136. The average molecular weight is 307 g/mol. The van der Waals surface area contributed by atoms with Crippen molar-refractivity contribution in [3.63, 3.8) is 0 Å². The number of esters is 1. The van der Waals surface area contributed by atoms with Crippen LogP contribution in [0.4, 0.5) is 0 Å². The van der Waals surface area contributed by atoms with Crippen LogP contribution in [0.5, 0.6) is 17.2 Å². The van der Waals surface area contributed by atoms with Crippen LogP contribution in [0, 0.1) is 6.92 Å². The summed E-state index contributed by atoms with van der Waals surface area (Å²) in [5.74, 6) is 1.07. The van der Waals surface area contributed by atoms with Crippen molar-refractivity contribution < 1.29 is 19.0 Å². The molecule has 0 amide bonds. The van der Waals surface area contributed by atoms with Gasteiger partial charge in [-0.2, -0.15) is 0 Å². The molecule has 0 saturated heterocycles.